The van der Waals surface area contributed by atoms with E-state index in [1.165, 1.54) is 11.1 Å². The number of nitrogens with zero attached hydrogens (tertiary/aromatic N) is 2. The van der Waals surface area contributed by atoms with Gasteiger partial charge < -0.3 is 20.2 Å². The molecule has 6 nitrogen and oxygen atoms in total. The lowest BCUT2D eigenvalue weighted by atomic mass is 10.1. The van der Waals surface area contributed by atoms with Gasteiger partial charge in [-0.3, -0.25) is 4.90 Å². The van der Waals surface area contributed by atoms with Crippen molar-refractivity contribution < 1.29 is 9.52 Å². The van der Waals surface area contributed by atoms with Gasteiger partial charge in [0.2, 0.25) is 0 Å². The fourth-order valence-electron chi connectivity index (χ4n) is 3.47. The molecule has 0 amide bonds. The Labute approximate surface area is 174 Å². The minimum absolute atomic E-state index is 0.190. The summed E-state index contributed by atoms with van der Waals surface area (Å²) in [7, 11) is 0. The molecule has 1 aromatic carbocycles. The van der Waals surface area contributed by atoms with Crippen molar-refractivity contribution in [2.75, 3.05) is 19.6 Å². The smallest absolute Gasteiger partial charge is 0.191 e. The highest BCUT2D eigenvalue weighted by atomic mass is 16.3. The maximum absolute atomic E-state index is 9.79. The summed E-state index contributed by atoms with van der Waals surface area (Å²) in [5, 5.41) is 16.7. The molecule has 1 aliphatic rings. The van der Waals surface area contributed by atoms with Gasteiger partial charge in [-0.15, -0.1) is 0 Å². The van der Waals surface area contributed by atoms with Crippen LogP contribution in [0.5, 0.6) is 0 Å². The van der Waals surface area contributed by atoms with Crippen LogP contribution in [0.15, 0.2) is 52.1 Å². The molecule has 1 aromatic heterocycles. The van der Waals surface area contributed by atoms with Gasteiger partial charge in [0.05, 0.1) is 18.9 Å². The van der Waals surface area contributed by atoms with Gasteiger partial charge in [-0.1, -0.05) is 31.2 Å². The summed E-state index contributed by atoms with van der Waals surface area (Å²) in [6.07, 6.45) is 4.24. The third kappa shape index (κ3) is 6.91. The second kappa shape index (κ2) is 11.0. The van der Waals surface area contributed by atoms with Gasteiger partial charge in [0.1, 0.15) is 5.76 Å². The van der Waals surface area contributed by atoms with E-state index in [1.54, 1.807) is 6.26 Å². The molecule has 0 radical (unpaired) electrons. The van der Waals surface area contributed by atoms with Crippen LogP contribution in [0.1, 0.15) is 43.6 Å². The zero-order valence-corrected chi connectivity index (χ0v) is 17.6. The molecule has 2 heterocycles. The summed E-state index contributed by atoms with van der Waals surface area (Å²) in [5.41, 5.74) is 2.51. The Balaban J connectivity index is 1.62. The summed E-state index contributed by atoms with van der Waals surface area (Å²) in [4.78, 5) is 7.16. The SMILES string of the molecule is CCC(C)NC(=NCc1ccccc1CN1CCC(O)C1)NCCc1ccco1. The number of hydrogen-bond acceptors (Lipinski definition) is 4. The molecule has 0 spiro atoms. The monoisotopic (exact) mass is 398 g/mol. The molecule has 0 bridgehead atoms. The Morgan fingerprint density at radius 2 is 2.10 bits per heavy atom. The van der Waals surface area contributed by atoms with Gasteiger partial charge in [-0.25, -0.2) is 4.99 Å². The number of nitrogens with one attached hydrogen (secondary N) is 2. The largest absolute Gasteiger partial charge is 0.469 e. The van der Waals surface area contributed by atoms with Crippen molar-refractivity contribution in [2.24, 2.45) is 4.99 Å². The van der Waals surface area contributed by atoms with Gasteiger partial charge in [0, 0.05) is 38.6 Å². The molecule has 1 fully saturated rings. The van der Waals surface area contributed by atoms with Crippen LogP contribution in [0.4, 0.5) is 0 Å². The van der Waals surface area contributed by atoms with Crippen LogP contribution in [-0.4, -0.2) is 47.7 Å². The molecule has 3 N–H and O–H groups in total. The first-order valence-corrected chi connectivity index (χ1v) is 10.7. The standard InChI is InChI=1S/C23H34N4O2/c1-3-18(2)26-23(24-12-10-22-9-6-14-29-22)25-15-19-7-4-5-8-20(19)16-27-13-11-21(28)17-27/h4-9,14,18,21,28H,3,10-13,15-17H2,1-2H3,(H2,24,25,26). The zero-order valence-electron chi connectivity index (χ0n) is 17.6. The minimum atomic E-state index is -0.190. The van der Waals surface area contributed by atoms with Crippen LogP contribution in [0.2, 0.25) is 0 Å². The number of rotatable bonds is 9. The van der Waals surface area contributed by atoms with E-state index in [-0.39, 0.29) is 6.10 Å². The zero-order chi connectivity index (χ0) is 20.5. The van der Waals surface area contributed by atoms with Crippen LogP contribution >= 0.6 is 0 Å². The van der Waals surface area contributed by atoms with E-state index in [1.807, 2.05) is 12.1 Å². The molecule has 0 aliphatic carbocycles. The number of β-amino-alcohol motifs (C(OH)–C–C–N with tert-alkyl or cyclic N) is 1. The molecule has 158 valence electrons. The Hall–Kier alpha value is -2.31. The Morgan fingerprint density at radius 1 is 1.28 bits per heavy atom. The van der Waals surface area contributed by atoms with Gasteiger partial charge in [0.25, 0.3) is 0 Å². The Bertz CT molecular complexity index is 760. The van der Waals surface area contributed by atoms with Gasteiger partial charge in [-0.05, 0) is 43.0 Å². The van der Waals surface area contributed by atoms with E-state index < -0.39 is 0 Å². The number of benzene rings is 1. The molecular weight excluding hydrogens is 364 g/mol. The highest BCUT2D eigenvalue weighted by Crippen LogP contribution is 2.17. The number of aliphatic hydroxyl groups is 1. The maximum atomic E-state index is 9.79. The first kappa shape index (κ1) is 21.4. The molecule has 2 atom stereocenters. The summed E-state index contributed by atoms with van der Waals surface area (Å²) >= 11 is 0. The molecule has 1 aliphatic heterocycles. The van der Waals surface area contributed by atoms with Crippen LogP contribution < -0.4 is 10.6 Å². The maximum Gasteiger partial charge on any atom is 0.191 e. The van der Waals surface area contributed by atoms with E-state index in [4.69, 9.17) is 9.41 Å². The highest BCUT2D eigenvalue weighted by molar-refractivity contribution is 5.80. The predicted molar refractivity (Wildman–Crippen MR) is 117 cm³/mol. The average molecular weight is 399 g/mol. The highest BCUT2D eigenvalue weighted by Gasteiger charge is 2.20. The van der Waals surface area contributed by atoms with E-state index in [9.17, 15) is 5.11 Å². The second-order valence-electron chi connectivity index (χ2n) is 7.82. The summed E-state index contributed by atoms with van der Waals surface area (Å²) in [5.74, 6) is 1.80. The van der Waals surface area contributed by atoms with Crippen molar-refractivity contribution in [3.63, 3.8) is 0 Å². The van der Waals surface area contributed by atoms with Gasteiger partial charge in [0.15, 0.2) is 5.96 Å². The van der Waals surface area contributed by atoms with Crippen molar-refractivity contribution in [3.8, 4) is 0 Å². The van der Waals surface area contributed by atoms with Crippen molar-refractivity contribution in [2.45, 2.75) is 58.3 Å². The van der Waals surface area contributed by atoms with E-state index in [0.29, 0.717) is 12.6 Å². The lowest BCUT2D eigenvalue weighted by molar-refractivity contribution is 0.174. The Kier molecular flexibility index (Phi) is 8.14. The number of aliphatic hydroxyl groups excluding tert-OH is 1. The second-order valence-corrected chi connectivity index (χ2v) is 7.82. The van der Waals surface area contributed by atoms with Crippen molar-refractivity contribution >= 4 is 5.96 Å². The van der Waals surface area contributed by atoms with E-state index >= 15 is 0 Å². The van der Waals surface area contributed by atoms with E-state index in [0.717, 1.165) is 57.2 Å². The summed E-state index contributed by atoms with van der Waals surface area (Å²) in [6.45, 7) is 8.29. The number of aliphatic imine (C=N–C) groups is 1. The van der Waals surface area contributed by atoms with Crippen molar-refractivity contribution in [1.29, 1.82) is 0 Å². The lowest BCUT2D eigenvalue weighted by Crippen LogP contribution is -2.42. The number of furan rings is 1. The third-order valence-electron chi connectivity index (χ3n) is 5.41. The third-order valence-corrected chi connectivity index (χ3v) is 5.41. The van der Waals surface area contributed by atoms with Crippen molar-refractivity contribution in [1.82, 2.24) is 15.5 Å². The van der Waals surface area contributed by atoms with E-state index in [2.05, 4.69) is 53.6 Å². The van der Waals surface area contributed by atoms with Crippen LogP contribution in [-0.2, 0) is 19.5 Å². The molecule has 6 heteroatoms. The number of guanidine groups is 1. The van der Waals surface area contributed by atoms with Gasteiger partial charge in [-0.2, -0.15) is 0 Å². The van der Waals surface area contributed by atoms with Crippen molar-refractivity contribution in [3.05, 3.63) is 59.5 Å². The first-order valence-electron chi connectivity index (χ1n) is 10.7. The molecule has 2 aromatic rings. The molecule has 0 saturated carbocycles. The summed E-state index contributed by atoms with van der Waals surface area (Å²) in [6, 6.07) is 12.7. The fraction of sp³-hybridized carbons (Fsp3) is 0.522. The topological polar surface area (TPSA) is 73.0 Å². The minimum Gasteiger partial charge on any atom is -0.469 e. The number of hydrogen-bond donors (Lipinski definition) is 3. The molecular formula is C23H34N4O2. The molecule has 3 rings (SSSR count). The Morgan fingerprint density at radius 3 is 2.79 bits per heavy atom. The van der Waals surface area contributed by atoms with Crippen LogP contribution in [0, 0.1) is 0 Å². The first-order chi connectivity index (χ1) is 14.1. The number of likely N-dealkylation sites (tertiary alicyclic amines) is 1. The van der Waals surface area contributed by atoms with Crippen LogP contribution in [0.3, 0.4) is 0 Å². The molecule has 29 heavy (non-hydrogen) atoms. The summed E-state index contributed by atoms with van der Waals surface area (Å²) < 4.78 is 5.41. The average Bonchev–Trinajstić information content (AvgIpc) is 3.38. The molecule has 2 unspecified atom stereocenters. The fourth-order valence-corrected chi connectivity index (χ4v) is 3.47. The van der Waals surface area contributed by atoms with Gasteiger partial charge >= 0.3 is 0 Å². The quantitative estimate of drug-likeness (QED) is 0.447. The normalized spacial score (nSPS) is 18.7. The lowest BCUT2D eigenvalue weighted by Gasteiger charge is -2.19. The molecule has 1 saturated heterocycles. The predicted octanol–water partition coefficient (Wildman–Crippen LogP) is 2.92. The van der Waals surface area contributed by atoms with Crippen LogP contribution in [0.25, 0.3) is 0 Å².